The van der Waals surface area contributed by atoms with Crippen molar-refractivity contribution in [2.45, 2.75) is 76.8 Å². The van der Waals surface area contributed by atoms with E-state index in [9.17, 15) is 32.8 Å². The molecule has 0 radical (unpaired) electrons. The van der Waals surface area contributed by atoms with Crippen molar-refractivity contribution in [1.82, 2.24) is 40.2 Å². The number of nitrogens with zero attached hydrogens (tertiary/aromatic N) is 6. The molecule has 0 spiro atoms. The third-order valence-corrected chi connectivity index (χ3v) is 13.2. The smallest absolute Gasteiger partial charge is 0.284 e. The molecule has 2 saturated heterocycles. The molecule has 6 heterocycles. The minimum absolute atomic E-state index is 0.0528. The van der Waals surface area contributed by atoms with Gasteiger partial charge in [-0.3, -0.25) is 39.2 Å². The molecule has 19 heteroatoms. The molecule has 5 aromatic rings. The van der Waals surface area contributed by atoms with Crippen molar-refractivity contribution in [3.63, 3.8) is 0 Å². The summed E-state index contributed by atoms with van der Waals surface area (Å²) < 4.78 is 46.6. The van der Waals surface area contributed by atoms with E-state index < -0.39 is 47.7 Å². The molecule has 0 bridgehead atoms. The fraction of sp³-hybridized carbons (Fsp3) is 0.440. The van der Waals surface area contributed by atoms with Crippen molar-refractivity contribution in [2.24, 2.45) is 11.8 Å². The molecule has 1 saturated carbocycles. The van der Waals surface area contributed by atoms with Gasteiger partial charge < -0.3 is 29.4 Å². The number of nitrogens with one attached hydrogen (secondary N) is 3. The summed E-state index contributed by atoms with van der Waals surface area (Å²) >= 11 is 0. The molecule has 17 nitrogen and oxygen atoms in total. The first kappa shape index (κ1) is 47.5. The molecule has 69 heavy (non-hydrogen) atoms. The number of fused-ring (bicyclic) bond motifs is 1. The van der Waals surface area contributed by atoms with Gasteiger partial charge >= 0.3 is 0 Å². The van der Waals surface area contributed by atoms with E-state index in [1.54, 1.807) is 36.5 Å². The summed E-state index contributed by atoms with van der Waals surface area (Å²) in [5.41, 5.74) is 3.88. The van der Waals surface area contributed by atoms with E-state index in [-0.39, 0.29) is 30.1 Å². The van der Waals surface area contributed by atoms with Crippen LogP contribution in [0.2, 0.25) is 0 Å². The number of alkyl halides is 2. The second-order valence-corrected chi connectivity index (χ2v) is 18.0. The molecule has 5 amide bonds. The number of aryl methyl sites for hydroxylation is 1. The first-order valence-corrected chi connectivity index (χ1v) is 23.7. The fourth-order valence-corrected chi connectivity index (χ4v) is 9.12. The number of oxazole rings is 1. The van der Waals surface area contributed by atoms with Crippen LogP contribution in [0.3, 0.4) is 0 Å². The number of halogens is 2. The summed E-state index contributed by atoms with van der Waals surface area (Å²) in [6.45, 7) is 5.78. The van der Waals surface area contributed by atoms with Crippen LogP contribution in [0.5, 0.6) is 0 Å². The maximum absolute atomic E-state index is 14.1. The van der Waals surface area contributed by atoms with Gasteiger partial charge in [-0.25, -0.2) is 18.4 Å². The standard InChI is InChI=1S/C50H55F2N9O8/c51-45(52)44-39(55-46(63)40-30-69-48(56-40)35-14-17-54-36(27-35)9-6-31-4-5-31)29-60(58-44)37-10-7-33(8-11-37)28-53-18-22-67-24-25-68-23-21-59-19-15-32(16-20-59)26-34-2-1-3-38-43(34)50(66)61(49(38)65)41-12-13-42(62)57-47(41)64/h1-3,7-8,10-11,14,17,27,29-32,41,45,53H,4-6,9,12-13,15-16,18-26,28H2,(H,55,63)(H,57,62,64). The third kappa shape index (κ3) is 11.7. The van der Waals surface area contributed by atoms with E-state index in [0.29, 0.717) is 74.2 Å². The predicted molar refractivity (Wildman–Crippen MR) is 247 cm³/mol. The fourth-order valence-electron chi connectivity index (χ4n) is 9.12. The lowest BCUT2D eigenvalue weighted by Crippen LogP contribution is -2.54. The number of rotatable bonds is 22. The normalized spacial score (nSPS) is 17.8. The highest BCUT2D eigenvalue weighted by molar-refractivity contribution is 6.24. The van der Waals surface area contributed by atoms with Crippen molar-refractivity contribution in [2.75, 3.05) is 57.9 Å². The van der Waals surface area contributed by atoms with Crippen molar-refractivity contribution < 1.29 is 46.6 Å². The number of carbonyl (C=O) groups excluding carboxylic acids is 5. The maximum Gasteiger partial charge on any atom is 0.284 e. The number of carbonyl (C=O) groups is 5. The molecule has 4 aliphatic rings. The number of amides is 5. The minimum Gasteiger partial charge on any atom is -0.444 e. The highest BCUT2D eigenvalue weighted by atomic mass is 19.3. The van der Waals surface area contributed by atoms with Crippen LogP contribution in [0.1, 0.15) is 105 Å². The van der Waals surface area contributed by atoms with Crippen LogP contribution in [-0.4, -0.2) is 118 Å². The van der Waals surface area contributed by atoms with E-state index in [4.69, 9.17) is 13.9 Å². The van der Waals surface area contributed by atoms with Gasteiger partial charge in [-0.2, -0.15) is 5.10 Å². The van der Waals surface area contributed by atoms with Gasteiger partial charge in [0, 0.05) is 43.5 Å². The Bertz CT molecular complexity index is 2660. The number of imide groups is 2. The predicted octanol–water partition coefficient (Wildman–Crippen LogP) is 5.93. The molecule has 3 aliphatic heterocycles. The van der Waals surface area contributed by atoms with E-state index in [0.717, 1.165) is 73.0 Å². The maximum atomic E-state index is 14.1. The van der Waals surface area contributed by atoms with Crippen molar-refractivity contribution in [1.29, 1.82) is 0 Å². The van der Waals surface area contributed by atoms with Gasteiger partial charge in [-0.15, -0.1) is 0 Å². The van der Waals surface area contributed by atoms with Crippen molar-refractivity contribution in [3.05, 3.63) is 113 Å². The van der Waals surface area contributed by atoms with Crippen LogP contribution in [0.4, 0.5) is 14.5 Å². The van der Waals surface area contributed by atoms with Gasteiger partial charge in [0.2, 0.25) is 17.7 Å². The van der Waals surface area contributed by atoms with Crippen LogP contribution >= 0.6 is 0 Å². The molecule has 362 valence electrons. The molecule has 3 aromatic heterocycles. The van der Waals surface area contributed by atoms with Crippen LogP contribution in [0, 0.1) is 11.8 Å². The second-order valence-electron chi connectivity index (χ2n) is 18.0. The lowest BCUT2D eigenvalue weighted by Gasteiger charge is -2.32. The molecule has 1 aliphatic carbocycles. The van der Waals surface area contributed by atoms with Crippen LogP contribution < -0.4 is 16.0 Å². The van der Waals surface area contributed by atoms with E-state index in [1.807, 2.05) is 24.3 Å². The van der Waals surface area contributed by atoms with Crippen LogP contribution in [-0.2, 0) is 38.4 Å². The number of anilines is 1. The Labute approximate surface area is 397 Å². The Morgan fingerprint density at radius 1 is 0.913 bits per heavy atom. The number of likely N-dealkylation sites (tertiary alicyclic amines) is 1. The zero-order valence-electron chi connectivity index (χ0n) is 38.2. The summed E-state index contributed by atoms with van der Waals surface area (Å²) in [6, 6.07) is 15.2. The highest BCUT2D eigenvalue weighted by Gasteiger charge is 2.45. The first-order valence-electron chi connectivity index (χ1n) is 23.7. The SMILES string of the molecule is O=C1CCC(N2C(=O)c3cccc(CC4CCN(CCOCCOCCNCc5ccc(-n6cc(NC(=O)c7coc(-c8ccnc(CCC9CC9)c8)n7)c(C(F)F)n6)cc5)CC4)c3C2=O)C(=O)N1. The highest BCUT2D eigenvalue weighted by Crippen LogP contribution is 2.35. The number of benzene rings is 2. The van der Waals surface area contributed by atoms with Gasteiger partial charge in [0.25, 0.3) is 24.1 Å². The largest absolute Gasteiger partial charge is 0.444 e. The molecular weight excluding hydrogens is 893 g/mol. The summed E-state index contributed by atoms with van der Waals surface area (Å²) in [7, 11) is 0. The Morgan fingerprint density at radius 2 is 1.71 bits per heavy atom. The number of pyridine rings is 1. The second kappa shape index (κ2) is 21.8. The van der Waals surface area contributed by atoms with E-state index in [2.05, 4.69) is 35.9 Å². The Morgan fingerprint density at radius 3 is 2.48 bits per heavy atom. The van der Waals surface area contributed by atoms with Crippen molar-refractivity contribution in [3.8, 4) is 17.1 Å². The zero-order valence-corrected chi connectivity index (χ0v) is 38.2. The number of piperidine rings is 2. The average Bonchev–Trinajstić information content (AvgIpc) is 3.75. The van der Waals surface area contributed by atoms with Crippen LogP contribution in [0.25, 0.3) is 17.1 Å². The number of aromatic nitrogens is 4. The summed E-state index contributed by atoms with van der Waals surface area (Å²) in [5, 5.41) is 12.2. The lowest BCUT2D eigenvalue weighted by atomic mass is 9.87. The molecular formula is C50H55F2N9O8. The lowest BCUT2D eigenvalue weighted by molar-refractivity contribution is -0.136. The molecule has 3 N–H and O–H groups in total. The van der Waals surface area contributed by atoms with Gasteiger partial charge in [-0.1, -0.05) is 37.1 Å². The van der Waals surface area contributed by atoms with Gasteiger partial charge in [0.15, 0.2) is 11.4 Å². The Kier molecular flexibility index (Phi) is 15.0. The number of hydrogen-bond donors (Lipinski definition) is 3. The van der Waals surface area contributed by atoms with Crippen molar-refractivity contribution >= 4 is 35.2 Å². The molecule has 1 unspecified atom stereocenters. The third-order valence-electron chi connectivity index (χ3n) is 13.2. The van der Waals surface area contributed by atoms with Gasteiger partial charge in [-0.05, 0) is 105 Å². The van der Waals surface area contributed by atoms with Gasteiger partial charge in [0.1, 0.15) is 12.3 Å². The summed E-state index contributed by atoms with van der Waals surface area (Å²) in [5.74, 6) is -1.30. The van der Waals surface area contributed by atoms with Gasteiger partial charge in [0.05, 0.1) is 55.1 Å². The van der Waals surface area contributed by atoms with E-state index >= 15 is 0 Å². The first-order chi connectivity index (χ1) is 33.6. The monoisotopic (exact) mass is 947 g/mol. The molecule has 1 atom stereocenters. The summed E-state index contributed by atoms with van der Waals surface area (Å²) in [4.78, 5) is 76.1. The number of ether oxygens (including phenoxy) is 2. The number of hydrogen-bond acceptors (Lipinski definition) is 13. The average molecular weight is 948 g/mol. The topological polar surface area (TPSA) is 203 Å². The van der Waals surface area contributed by atoms with Crippen LogP contribution in [0.15, 0.2) is 77.7 Å². The summed E-state index contributed by atoms with van der Waals surface area (Å²) in [6.07, 6.45) is 8.53. The van der Waals surface area contributed by atoms with E-state index in [1.165, 1.54) is 30.0 Å². The Hall–Kier alpha value is -6.54. The molecule has 3 fully saturated rings. The zero-order chi connectivity index (χ0) is 47.9. The Balaban J connectivity index is 0.640. The molecule has 9 rings (SSSR count). The molecule has 2 aromatic carbocycles. The minimum atomic E-state index is -2.93. The quantitative estimate of drug-likeness (QED) is 0.0545.